The lowest BCUT2D eigenvalue weighted by atomic mass is 10.0. The smallest absolute Gasteiger partial charge is 0.387 e. The number of nitrogens with one attached hydrogen (secondary N) is 1. The van der Waals surface area contributed by atoms with Gasteiger partial charge in [-0.25, -0.2) is 0 Å². The molecule has 2 aromatic carbocycles. The predicted molar refractivity (Wildman–Crippen MR) is 97.3 cm³/mol. The van der Waals surface area contributed by atoms with Gasteiger partial charge in [-0.15, -0.1) is 0 Å². The Bertz CT molecular complexity index is 916. The molecular formula is C20H16F2N2O3. The van der Waals surface area contributed by atoms with Gasteiger partial charge in [-0.1, -0.05) is 18.2 Å². The molecule has 0 saturated carbocycles. The van der Waals surface area contributed by atoms with E-state index in [1.807, 2.05) is 0 Å². The van der Waals surface area contributed by atoms with Gasteiger partial charge in [0, 0.05) is 17.4 Å². The number of alkyl halides is 2. The van der Waals surface area contributed by atoms with Crippen LogP contribution < -0.4 is 14.8 Å². The molecule has 7 heteroatoms. The van der Waals surface area contributed by atoms with Gasteiger partial charge < -0.3 is 14.8 Å². The number of carbonyl (C=O) groups is 1. The maximum atomic E-state index is 12.7. The van der Waals surface area contributed by atoms with Gasteiger partial charge in [0.2, 0.25) is 0 Å². The average Bonchev–Trinajstić information content (AvgIpc) is 2.69. The molecule has 27 heavy (non-hydrogen) atoms. The number of methoxy groups -OCH3 is 1. The zero-order chi connectivity index (χ0) is 19.2. The van der Waals surface area contributed by atoms with Crippen molar-refractivity contribution in [1.82, 2.24) is 4.98 Å². The highest BCUT2D eigenvalue weighted by molar-refractivity contribution is 6.03. The van der Waals surface area contributed by atoms with Gasteiger partial charge in [-0.3, -0.25) is 9.78 Å². The van der Waals surface area contributed by atoms with Crippen LogP contribution in [0, 0.1) is 0 Å². The molecule has 3 aromatic rings. The van der Waals surface area contributed by atoms with Crippen molar-refractivity contribution in [3.63, 3.8) is 0 Å². The fraction of sp³-hybridized carbons (Fsp3) is 0.100. The first-order valence-corrected chi connectivity index (χ1v) is 8.02. The summed E-state index contributed by atoms with van der Waals surface area (Å²) in [6.07, 6.45) is 1.51. The van der Waals surface area contributed by atoms with E-state index in [0.29, 0.717) is 22.6 Å². The molecule has 0 spiro atoms. The molecule has 0 atom stereocenters. The summed E-state index contributed by atoms with van der Waals surface area (Å²) in [7, 11) is 1.54. The molecule has 1 aromatic heterocycles. The lowest BCUT2D eigenvalue weighted by Crippen LogP contribution is -2.13. The molecule has 0 fully saturated rings. The summed E-state index contributed by atoms with van der Waals surface area (Å²) in [5.74, 6) is 0.236. The zero-order valence-corrected chi connectivity index (χ0v) is 14.4. The summed E-state index contributed by atoms with van der Waals surface area (Å²) in [6, 6.07) is 16.3. The van der Waals surface area contributed by atoms with E-state index >= 15 is 0 Å². The van der Waals surface area contributed by atoms with Crippen LogP contribution in [0.2, 0.25) is 0 Å². The number of aromatic nitrogens is 1. The molecule has 3 rings (SSSR count). The standard InChI is InChI=1S/C20H16F2N2O3/c1-26-15-8-5-13(6-9-15)16-12-14(7-10-18(16)27-20(21)22)24-19(25)17-4-2-3-11-23-17/h2-12,20H,1H3,(H,24,25). The minimum absolute atomic E-state index is 0.00556. The van der Waals surface area contributed by atoms with E-state index in [-0.39, 0.29) is 11.4 Å². The summed E-state index contributed by atoms with van der Waals surface area (Å²) < 4.78 is 35.2. The lowest BCUT2D eigenvalue weighted by Gasteiger charge is -2.14. The van der Waals surface area contributed by atoms with Crippen LogP contribution in [0.3, 0.4) is 0 Å². The molecule has 0 aliphatic heterocycles. The Labute approximate surface area is 154 Å². The van der Waals surface area contributed by atoms with Crippen LogP contribution in [0.4, 0.5) is 14.5 Å². The molecule has 0 bridgehead atoms. The molecule has 5 nitrogen and oxygen atoms in total. The molecule has 0 saturated heterocycles. The molecule has 1 amide bonds. The first kappa shape index (κ1) is 18.3. The topological polar surface area (TPSA) is 60.5 Å². The third-order valence-electron chi connectivity index (χ3n) is 3.75. The van der Waals surface area contributed by atoms with E-state index < -0.39 is 12.5 Å². The Balaban J connectivity index is 1.93. The highest BCUT2D eigenvalue weighted by Crippen LogP contribution is 2.34. The first-order chi connectivity index (χ1) is 13.1. The molecule has 138 valence electrons. The van der Waals surface area contributed by atoms with Gasteiger partial charge in [0.25, 0.3) is 5.91 Å². The number of benzene rings is 2. The maximum absolute atomic E-state index is 12.7. The number of hydrogen-bond donors (Lipinski definition) is 1. The number of ether oxygens (including phenoxy) is 2. The molecule has 0 aliphatic rings. The van der Waals surface area contributed by atoms with Crippen molar-refractivity contribution in [2.45, 2.75) is 6.61 Å². The monoisotopic (exact) mass is 370 g/mol. The highest BCUT2D eigenvalue weighted by Gasteiger charge is 2.14. The van der Waals surface area contributed by atoms with Crippen LogP contribution in [-0.4, -0.2) is 24.6 Å². The van der Waals surface area contributed by atoms with Crippen molar-refractivity contribution < 1.29 is 23.0 Å². The van der Waals surface area contributed by atoms with Crippen molar-refractivity contribution in [3.05, 3.63) is 72.6 Å². The third kappa shape index (κ3) is 4.58. The highest BCUT2D eigenvalue weighted by atomic mass is 19.3. The summed E-state index contributed by atoms with van der Waals surface area (Å²) in [4.78, 5) is 16.2. The molecule has 1 N–H and O–H groups in total. The Morgan fingerprint density at radius 3 is 2.48 bits per heavy atom. The van der Waals surface area contributed by atoms with Crippen LogP contribution in [0.25, 0.3) is 11.1 Å². The van der Waals surface area contributed by atoms with E-state index in [1.54, 1.807) is 48.5 Å². The van der Waals surface area contributed by atoms with Gasteiger partial charge in [-0.05, 0) is 48.0 Å². The minimum Gasteiger partial charge on any atom is -0.497 e. The van der Waals surface area contributed by atoms with Crippen LogP contribution in [0.5, 0.6) is 11.5 Å². The second kappa shape index (κ2) is 8.27. The number of amides is 1. The second-order valence-corrected chi connectivity index (χ2v) is 5.49. The third-order valence-corrected chi connectivity index (χ3v) is 3.75. The number of halogens is 2. The fourth-order valence-corrected chi connectivity index (χ4v) is 2.49. The van der Waals surface area contributed by atoms with Crippen molar-refractivity contribution in [2.75, 3.05) is 12.4 Å². The molecule has 1 heterocycles. The summed E-state index contributed by atoms with van der Waals surface area (Å²) in [6.45, 7) is -2.96. The number of rotatable bonds is 6. The second-order valence-electron chi connectivity index (χ2n) is 5.49. The molecular weight excluding hydrogens is 354 g/mol. The molecule has 0 radical (unpaired) electrons. The van der Waals surface area contributed by atoms with Crippen molar-refractivity contribution in [2.24, 2.45) is 0 Å². The van der Waals surface area contributed by atoms with Crippen LogP contribution in [0.1, 0.15) is 10.5 Å². The normalized spacial score (nSPS) is 10.5. The average molecular weight is 370 g/mol. The van der Waals surface area contributed by atoms with Crippen LogP contribution >= 0.6 is 0 Å². The van der Waals surface area contributed by atoms with E-state index in [2.05, 4.69) is 15.0 Å². The summed E-state index contributed by atoms with van der Waals surface area (Å²) >= 11 is 0. The van der Waals surface area contributed by atoms with E-state index in [0.717, 1.165) is 0 Å². The predicted octanol–water partition coefficient (Wildman–Crippen LogP) is 4.61. The number of anilines is 1. The summed E-state index contributed by atoms with van der Waals surface area (Å²) in [5.41, 5.74) is 1.73. The van der Waals surface area contributed by atoms with Gasteiger partial charge in [0.05, 0.1) is 7.11 Å². The lowest BCUT2D eigenvalue weighted by molar-refractivity contribution is -0.0494. The Kier molecular flexibility index (Phi) is 5.61. The number of pyridine rings is 1. The van der Waals surface area contributed by atoms with E-state index in [9.17, 15) is 13.6 Å². The van der Waals surface area contributed by atoms with Gasteiger partial charge in [-0.2, -0.15) is 8.78 Å². The molecule has 0 aliphatic carbocycles. The van der Waals surface area contributed by atoms with E-state index in [4.69, 9.17) is 4.74 Å². The van der Waals surface area contributed by atoms with Crippen LogP contribution in [-0.2, 0) is 0 Å². The van der Waals surface area contributed by atoms with Crippen molar-refractivity contribution in [3.8, 4) is 22.6 Å². The SMILES string of the molecule is COc1ccc(-c2cc(NC(=O)c3ccccn3)ccc2OC(F)F)cc1. The Morgan fingerprint density at radius 2 is 1.85 bits per heavy atom. The van der Waals surface area contributed by atoms with Crippen molar-refractivity contribution >= 4 is 11.6 Å². The molecule has 0 unspecified atom stereocenters. The van der Waals surface area contributed by atoms with Gasteiger partial charge >= 0.3 is 6.61 Å². The first-order valence-electron chi connectivity index (χ1n) is 8.02. The largest absolute Gasteiger partial charge is 0.497 e. The number of hydrogen-bond acceptors (Lipinski definition) is 4. The minimum atomic E-state index is -2.96. The Hall–Kier alpha value is -3.48. The summed E-state index contributed by atoms with van der Waals surface area (Å²) in [5, 5.41) is 2.70. The van der Waals surface area contributed by atoms with Gasteiger partial charge in [0.1, 0.15) is 17.2 Å². The van der Waals surface area contributed by atoms with Crippen LogP contribution in [0.15, 0.2) is 66.9 Å². The van der Waals surface area contributed by atoms with Crippen molar-refractivity contribution in [1.29, 1.82) is 0 Å². The Morgan fingerprint density at radius 1 is 1.07 bits per heavy atom. The maximum Gasteiger partial charge on any atom is 0.387 e. The quantitative estimate of drug-likeness (QED) is 0.688. The fourth-order valence-electron chi connectivity index (χ4n) is 2.49. The zero-order valence-electron chi connectivity index (χ0n) is 14.4. The van der Waals surface area contributed by atoms with E-state index in [1.165, 1.54) is 25.4 Å². The van der Waals surface area contributed by atoms with Gasteiger partial charge in [0.15, 0.2) is 0 Å². The number of nitrogens with zero attached hydrogens (tertiary/aromatic N) is 1. The number of carbonyl (C=O) groups excluding carboxylic acids is 1.